The van der Waals surface area contributed by atoms with Crippen molar-refractivity contribution in [2.45, 2.75) is 25.4 Å². The number of rotatable bonds is 2. The molecular formula is C12H12ClN3O2S. The summed E-state index contributed by atoms with van der Waals surface area (Å²) in [6.45, 7) is 0.744. The average Bonchev–Trinajstić information content (AvgIpc) is 2.93. The van der Waals surface area contributed by atoms with Gasteiger partial charge < -0.3 is 15.4 Å². The van der Waals surface area contributed by atoms with E-state index >= 15 is 0 Å². The van der Waals surface area contributed by atoms with Gasteiger partial charge in [-0.1, -0.05) is 11.6 Å². The minimum Gasteiger partial charge on any atom is -0.476 e. The molecule has 0 aromatic carbocycles. The van der Waals surface area contributed by atoms with Crippen molar-refractivity contribution in [1.82, 2.24) is 9.55 Å². The molecule has 0 amide bonds. The SMILES string of the molecule is NC1CCCn2c(-c3ccc(Cl)s3)nc(C(=O)O)c21. The highest BCUT2D eigenvalue weighted by Gasteiger charge is 2.29. The number of carboxylic acids is 1. The van der Waals surface area contributed by atoms with Gasteiger partial charge in [-0.25, -0.2) is 9.78 Å². The zero-order valence-electron chi connectivity index (χ0n) is 9.97. The number of nitrogens with two attached hydrogens (primary N) is 1. The van der Waals surface area contributed by atoms with Crippen LogP contribution in [-0.2, 0) is 6.54 Å². The van der Waals surface area contributed by atoms with Crippen molar-refractivity contribution in [3.63, 3.8) is 0 Å². The molecule has 5 nitrogen and oxygen atoms in total. The minimum absolute atomic E-state index is 0.0618. The second-order valence-electron chi connectivity index (χ2n) is 4.48. The van der Waals surface area contributed by atoms with E-state index in [1.165, 1.54) is 11.3 Å². The number of aromatic carboxylic acids is 1. The maximum atomic E-state index is 11.3. The van der Waals surface area contributed by atoms with Gasteiger partial charge in [0, 0.05) is 12.6 Å². The van der Waals surface area contributed by atoms with E-state index in [1.54, 1.807) is 6.07 Å². The minimum atomic E-state index is -1.03. The summed E-state index contributed by atoms with van der Waals surface area (Å²) in [5.74, 6) is -0.380. The lowest BCUT2D eigenvalue weighted by Gasteiger charge is -2.22. The maximum Gasteiger partial charge on any atom is 0.356 e. The van der Waals surface area contributed by atoms with E-state index < -0.39 is 5.97 Å². The topological polar surface area (TPSA) is 81.1 Å². The Kier molecular flexibility index (Phi) is 3.08. The molecule has 19 heavy (non-hydrogen) atoms. The Balaban J connectivity index is 2.21. The molecule has 2 aromatic heterocycles. The standard InChI is InChI=1S/C12H12ClN3O2S/c13-8-4-3-7(19-8)11-15-9(12(17)18)10-6(14)2-1-5-16(10)11/h3-4,6H,1-2,5,14H2,(H,17,18). The number of carboxylic acid groups (broad SMARTS) is 1. The molecule has 3 N–H and O–H groups in total. The number of fused-ring (bicyclic) bond motifs is 1. The van der Waals surface area contributed by atoms with Crippen LogP contribution in [-0.4, -0.2) is 20.6 Å². The van der Waals surface area contributed by atoms with Gasteiger partial charge in [0.1, 0.15) is 0 Å². The molecule has 1 aliphatic rings. The molecule has 0 bridgehead atoms. The van der Waals surface area contributed by atoms with Crippen molar-refractivity contribution in [2.24, 2.45) is 5.73 Å². The number of imidazole rings is 1. The van der Waals surface area contributed by atoms with Gasteiger partial charge in [-0.3, -0.25) is 0 Å². The van der Waals surface area contributed by atoms with E-state index in [-0.39, 0.29) is 11.7 Å². The lowest BCUT2D eigenvalue weighted by Crippen LogP contribution is -2.23. The van der Waals surface area contributed by atoms with E-state index in [1.807, 2.05) is 10.6 Å². The molecule has 0 aliphatic carbocycles. The van der Waals surface area contributed by atoms with Gasteiger partial charge in [-0.15, -0.1) is 11.3 Å². The Labute approximate surface area is 118 Å². The Morgan fingerprint density at radius 3 is 3.00 bits per heavy atom. The molecule has 0 saturated heterocycles. The second-order valence-corrected chi connectivity index (χ2v) is 6.19. The number of hydrogen-bond donors (Lipinski definition) is 2. The second kappa shape index (κ2) is 4.63. The Morgan fingerprint density at radius 1 is 1.58 bits per heavy atom. The molecule has 3 rings (SSSR count). The van der Waals surface area contributed by atoms with Crippen LogP contribution in [0.25, 0.3) is 10.7 Å². The van der Waals surface area contributed by atoms with Gasteiger partial charge in [0.25, 0.3) is 0 Å². The summed E-state index contributed by atoms with van der Waals surface area (Å²) >= 11 is 7.32. The van der Waals surface area contributed by atoms with Crippen LogP contribution in [0.5, 0.6) is 0 Å². The Bertz CT molecular complexity index is 649. The molecule has 1 atom stereocenters. The Morgan fingerprint density at radius 2 is 2.37 bits per heavy atom. The summed E-state index contributed by atoms with van der Waals surface area (Å²) in [7, 11) is 0. The fourth-order valence-corrected chi connectivity index (χ4v) is 3.50. The van der Waals surface area contributed by atoms with Crippen molar-refractivity contribution in [3.8, 4) is 10.7 Å². The number of halogens is 1. The average molecular weight is 298 g/mol. The summed E-state index contributed by atoms with van der Waals surface area (Å²) in [5.41, 5.74) is 6.72. The first-order valence-corrected chi connectivity index (χ1v) is 7.12. The normalized spacial score (nSPS) is 18.3. The molecule has 1 unspecified atom stereocenters. The van der Waals surface area contributed by atoms with Crippen molar-refractivity contribution >= 4 is 28.9 Å². The van der Waals surface area contributed by atoms with E-state index in [9.17, 15) is 9.90 Å². The van der Waals surface area contributed by atoms with Crippen LogP contribution < -0.4 is 5.73 Å². The van der Waals surface area contributed by atoms with Crippen LogP contribution in [0.15, 0.2) is 12.1 Å². The third kappa shape index (κ3) is 2.05. The third-order valence-corrected chi connectivity index (χ3v) is 4.48. The molecule has 1 aliphatic heterocycles. The highest BCUT2D eigenvalue weighted by atomic mass is 35.5. The molecule has 2 aromatic rings. The van der Waals surface area contributed by atoms with Crippen molar-refractivity contribution in [3.05, 3.63) is 27.9 Å². The van der Waals surface area contributed by atoms with Gasteiger partial charge in [0.2, 0.25) is 0 Å². The van der Waals surface area contributed by atoms with Gasteiger partial charge in [0.05, 0.1) is 14.9 Å². The summed E-state index contributed by atoms with van der Waals surface area (Å²) in [6, 6.07) is 3.37. The Hall–Kier alpha value is -1.37. The number of carbonyl (C=O) groups is 1. The van der Waals surface area contributed by atoms with Crippen LogP contribution in [0.2, 0.25) is 4.34 Å². The lowest BCUT2D eigenvalue weighted by molar-refractivity contribution is 0.0688. The van der Waals surface area contributed by atoms with E-state index in [2.05, 4.69) is 4.98 Å². The van der Waals surface area contributed by atoms with Crippen molar-refractivity contribution in [2.75, 3.05) is 0 Å². The fourth-order valence-electron chi connectivity index (χ4n) is 2.45. The summed E-state index contributed by atoms with van der Waals surface area (Å²) in [5, 5.41) is 9.27. The monoisotopic (exact) mass is 297 g/mol. The first-order chi connectivity index (χ1) is 9.08. The predicted octanol–water partition coefficient (Wildman–Crippen LogP) is 2.76. The summed E-state index contributed by atoms with van der Waals surface area (Å²) in [4.78, 5) is 16.4. The number of hydrogen-bond acceptors (Lipinski definition) is 4. The van der Waals surface area contributed by atoms with Gasteiger partial charge >= 0.3 is 5.97 Å². The highest BCUT2D eigenvalue weighted by Crippen LogP contribution is 2.36. The van der Waals surface area contributed by atoms with Crippen LogP contribution in [0.1, 0.15) is 35.1 Å². The molecule has 0 fully saturated rings. The molecule has 3 heterocycles. The molecule has 7 heteroatoms. The summed E-state index contributed by atoms with van der Waals surface area (Å²) in [6.07, 6.45) is 1.71. The zero-order chi connectivity index (χ0) is 13.6. The molecule has 0 spiro atoms. The highest BCUT2D eigenvalue weighted by molar-refractivity contribution is 7.19. The first kappa shape index (κ1) is 12.7. The van der Waals surface area contributed by atoms with E-state index in [0.29, 0.717) is 15.9 Å². The lowest BCUT2D eigenvalue weighted by atomic mass is 10.0. The van der Waals surface area contributed by atoms with Gasteiger partial charge in [-0.2, -0.15) is 0 Å². The zero-order valence-corrected chi connectivity index (χ0v) is 11.5. The summed E-state index contributed by atoms with van der Waals surface area (Å²) < 4.78 is 2.57. The predicted molar refractivity (Wildman–Crippen MR) is 73.7 cm³/mol. The number of aromatic nitrogens is 2. The van der Waals surface area contributed by atoms with Crippen LogP contribution in [0.3, 0.4) is 0 Å². The number of thiophene rings is 1. The van der Waals surface area contributed by atoms with Crippen molar-refractivity contribution in [1.29, 1.82) is 0 Å². The van der Waals surface area contributed by atoms with Crippen molar-refractivity contribution < 1.29 is 9.90 Å². The van der Waals surface area contributed by atoms with Crippen LogP contribution >= 0.6 is 22.9 Å². The molecule has 0 radical (unpaired) electrons. The fraction of sp³-hybridized carbons (Fsp3) is 0.333. The van der Waals surface area contributed by atoms with Gasteiger partial charge in [0.15, 0.2) is 11.5 Å². The third-order valence-electron chi connectivity index (χ3n) is 3.25. The van der Waals surface area contributed by atoms with E-state index in [0.717, 1.165) is 24.3 Å². The maximum absolute atomic E-state index is 11.3. The molecular weight excluding hydrogens is 286 g/mol. The van der Waals surface area contributed by atoms with Gasteiger partial charge in [-0.05, 0) is 25.0 Å². The van der Waals surface area contributed by atoms with Crippen LogP contribution in [0, 0.1) is 0 Å². The molecule has 100 valence electrons. The molecule has 0 saturated carbocycles. The quantitative estimate of drug-likeness (QED) is 0.893. The first-order valence-electron chi connectivity index (χ1n) is 5.93. The van der Waals surface area contributed by atoms with Crippen LogP contribution in [0.4, 0.5) is 0 Å². The number of nitrogens with zero attached hydrogens (tertiary/aromatic N) is 2. The largest absolute Gasteiger partial charge is 0.476 e. The van der Waals surface area contributed by atoms with E-state index in [4.69, 9.17) is 17.3 Å². The smallest absolute Gasteiger partial charge is 0.356 e.